The van der Waals surface area contributed by atoms with Crippen molar-refractivity contribution in [2.75, 3.05) is 19.6 Å². The number of hydrogen-bond donors (Lipinski definition) is 1. The smallest absolute Gasteiger partial charge is 0.257 e. The maximum atomic E-state index is 13.2. The van der Waals surface area contributed by atoms with Crippen molar-refractivity contribution in [2.45, 2.75) is 24.8 Å². The van der Waals surface area contributed by atoms with E-state index in [4.69, 9.17) is 4.52 Å². The molecule has 1 atom stereocenters. The third-order valence-electron chi connectivity index (χ3n) is 5.34. The number of carbonyl (C=O) groups is 1. The van der Waals surface area contributed by atoms with E-state index in [-0.39, 0.29) is 11.9 Å². The lowest BCUT2D eigenvalue weighted by Crippen LogP contribution is -2.48. The fourth-order valence-electron chi connectivity index (χ4n) is 3.60. The second kappa shape index (κ2) is 7.16. The molecule has 1 saturated heterocycles. The number of benzene rings is 1. The zero-order valence-corrected chi connectivity index (χ0v) is 15.4. The zero-order valence-electron chi connectivity index (χ0n) is 15.4. The van der Waals surface area contributed by atoms with Crippen molar-refractivity contribution >= 4 is 5.91 Å². The highest BCUT2D eigenvalue weighted by Crippen LogP contribution is 2.38. The van der Waals surface area contributed by atoms with Gasteiger partial charge < -0.3 is 14.7 Å². The Morgan fingerprint density at radius 1 is 1.18 bits per heavy atom. The molecule has 1 amide bonds. The van der Waals surface area contributed by atoms with Gasteiger partial charge in [-0.15, -0.1) is 0 Å². The van der Waals surface area contributed by atoms with E-state index in [1.165, 1.54) is 0 Å². The van der Waals surface area contributed by atoms with Crippen LogP contribution in [-0.4, -0.2) is 45.6 Å². The number of carbonyl (C=O) groups excluding carboxylic acids is 1. The summed E-state index contributed by atoms with van der Waals surface area (Å²) in [6.45, 7) is 2.17. The van der Waals surface area contributed by atoms with E-state index >= 15 is 0 Å². The van der Waals surface area contributed by atoms with Gasteiger partial charge in [0.15, 0.2) is 5.82 Å². The van der Waals surface area contributed by atoms with Crippen LogP contribution in [-0.2, 0) is 0 Å². The average molecular weight is 375 g/mol. The van der Waals surface area contributed by atoms with Gasteiger partial charge in [-0.2, -0.15) is 4.98 Å². The van der Waals surface area contributed by atoms with Crippen LogP contribution in [0.2, 0.25) is 0 Å². The van der Waals surface area contributed by atoms with E-state index in [9.17, 15) is 4.79 Å². The number of nitrogens with one attached hydrogen (secondary N) is 1. The SMILES string of the molecule is O=C(c1ccc(-c2nc(C3CC3)no2)cc1)N1CCNCC1c1cccnc1. The van der Waals surface area contributed by atoms with Gasteiger partial charge in [-0.1, -0.05) is 11.2 Å². The first-order valence-corrected chi connectivity index (χ1v) is 9.65. The maximum Gasteiger partial charge on any atom is 0.257 e. The van der Waals surface area contributed by atoms with Crippen LogP contribution in [0.25, 0.3) is 11.5 Å². The molecule has 2 aliphatic rings. The molecule has 3 aromatic rings. The zero-order chi connectivity index (χ0) is 18.9. The maximum absolute atomic E-state index is 13.2. The molecule has 0 bridgehead atoms. The lowest BCUT2D eigenvalue weighted by Gasteiger charge is -2.36. The van der Waals surface area contributed by atoms with E-state index in [1.807, 2.05) is 47.5 Å². The summed E-state index contributed by atoms with van der Waals surface area (Å²) < 4.78 is 5.37. The quantitative estimate of drug-likeness (QED) is 0.755. The van der Waals surface area contributed by atoms with Crippen molar-refractivity contribution in [2.24, 2.45) is 0 Å². The summed E-state index contributed by atoms with van der Waals surface area (Å²) in [6, 6.07) is 11.3. The molecule has 5 rings (SSSR count). The Bertz CT molecular complexity index is 966. The fourth-order valence-corrected chi connectivity index (χ4v) is 3.60. The van der Waals surface area contributed by atoms with E-state index in [2.05, 4.69) is 20.4 Å². The minimum atomic E-state index is -0.0216. The first-order chi connectivity index (χ1) is 13.8. The van der Waals surface area contributed by atoms with E-state index < -0.39 is 0 Å². The van der Waals surface area contributed by atoms with Gasteiger partial charge in [-0.25, -0.2) is 0 Å². The van der Waals surface area contributed by atoms with Crippen LogP contribution in [0.1, 0.15) is 46.5 Å². The first-order valence-electron chi connectivity index (χ1n) is 9.65. The number of pyridine rings is 1. The molecule has 3 heterocycles. The van der Waals surface area contributed by atoms with Gasteiger partial charge in [-0.05, 0) is 48.7 Å². The van der Waals surface area contributed by atoms with E-state index in [1.54, 1.807) is 6.20 Å². The lowest BCUT2D eigenvalue weighted by atomic mass is 10.0. The molecule has 142 valence electrons. The van der Waals surface area contributed by atoms with Crippen molar-refractivity contribution in [3.05, 3.63) is 65.7 Å². The normalized spacial score (nSPS) is 19.6. The minimum absolute atomic E-state index is 0.0195. The summed E-state index contributed by atoms with van der Waals surface area (Å²) in [5, 5.41) is 7.42. The third kappa shape index (κ3) is 3.29. The van der Waals surface area contributed by atoms with Crippen LogP contribution in [0, 0.1) is 0 Å². The molecule has 1 aromatic carbocycles. The van der Waals surface area contributed by atoms with Crippen molar-refractivity contribution < 1.29 is 9.32 Å². The molecule has 1 aliphatic carbocycles. The van der Waals surface area contributed by atoms with Crippen LogP contribution in [0.4, 0.5) is 0 Å². The van der Waals surface area contributed by atoms with Crippen LogP contribution < -0.4 is 5.32 Å². The molecular formula is C21H21N5O2. The van der Waals surface area contributed by atoms with Gasteiger partial charge in [-0.3, -0.25) is 9.78 Å². The standard InChI is InChI=1S/C21H21N5O2/c27-21(26-11-10-23-13-18(26)17-2-1-9-22-12-17)16-7-5-15(6-8-16)20-24-19(25-28-20)14-3-4-14/h1-2,5-9,12,14,18,23H,3-4,10-11,13H2. The van der Waals surface area contributed by atoms with Crippen LogP contribution in [0.5, 0.6) is 0 Å². The average Bonchev–Trinajstić information content (AvgIpc) is 3.50. The Hall–Kier alpha value is -3.06. The molecule has 7 nitrogen and oxygen atoms in total. The summed E-state index contributed by atoms with van der Waals surface area (Å²) in [4.78, 5) is 23.7. The topological polar surface area (TPSA) is 84.2 Å². The third-order valence-corrected chi connectivity index (χ3v) is 5.34. The Kier molecular flexibility index (Phi) is 4.37. The van der Waals surface area contributed by atoms with Crippen LogP contribution >= 0.6 is 0 Å². The molecule has 2 aromatic heterocycles. The summed E-state index contributed by atoms with van der Waals surface area (Å²) in [7, 11) is 0. The Labute approximate surface area is 162 Å². The molecular weight excluding hydrogens is 354 g/mol. The summed E-state index contributed by atoms with van der Waals surface area (Å²) >= 11 is 0. The first kappa shape index (κ1) is 17.1. The summed E-state index contributed by atoms with van der Waals surface area (Å²) in [5.74, 6) is 1.77. The van der Waals surface area contributed by atoms with Gasteiger partial charge in [0.1, 0.15) is 0 Å². The Balaban J connectivity index is 1.36. The lowest BCUT2D eigenvalue weighted by molar-refractivity contribution is 0.0634. The highest BCUT2D eigenvalue weighted by Gasteiger charge is 2.30. The largest absolute Gasteiger partial charge is 0.334 e. The fraction of sp³-hybridized carbons (Fsp3) is 0.333. The minimum Gasteiger partial charge on any atom is -0.334 e. The number of nitrogens with zero attached hydrogens (tertiary/aromatic N) is 4. The summed E-state index contributed by atoms with van der Waals surface area (Å²) in [5.41, 5.74) is 2.53. The molecule has 0 radical (unpaired) electrons. The van der Waals surface area contributed by atoms with Crippen molar-refractivity contribution in [1.82, 2.24) is 25.3 Å². The molecule has 0 spiro atoms. The number of rotatable bonds is 4. The molecule has 1 saturated carbocycles. The molecule has 28 heavy (non-hydrogen) atoms. The van der Waals surface area contributed by atoms with Gasteiger partial charge in [0.05, 0.1) is 6.04 Å². The van der Waals surface area contributed by atoms with Crippen LogP contribution in [0.3, 0.4) is 0 Å². The number of hydrogen-bond acceptors (Lipinski definition) is 6. The second-order valence-corrected chi connectivity index (χ2v) is 7.31. The Morgan fingerprint density at radius 3 is 2.79 bits per heavy atom. The van der Waals surface area contributed by atoms with Gasteiger partial charge in [0, 0.05) is 49.1 Å². The molecule has 1 unspecified atom stereocenters. The molecule has 1 N–H and O–H groups in total. The number of amides is 1. The molecule has 2 fully saturated rings. The predicted molar refractivity (Wildman–Crippen MR) is 103 cm³/mol. The summed E-state index contributed by atoms with van der Waals surface area (Å²) in [6.07, 6.45) is 5.84. The number of aromatic nitrogens is 3. The van der Waals surface area contributed by atoms with Gasteiger partial charge >= 0.3 is 0 Å². The highest BCUT2D eigenvalue weighted by atomic mass is 16.5. The van der Waals surface area contributed by atoms with Gasteiger partial charge in [0.25, 0.3) is 11.8 Å². The van der Waals surface area contributed by atoms with Crippen LogP contribution in [0.15, 0.2) is 53.3 Å². The van der Waals surface area contributed by atoms with E-state index in [0.717, 1.165) is 42.9 Å². The van der Waals surface area contributed by atoms with Crippen molar-refractivity contribution in [3.63, 3.8) is 0 Å². The molecule has 7 heteroatoms. The number of piperazine rings is 1. The predicted octanol–water partition coefficient (Wildman–Crippen LogP) is 2.80. The molecule has 1 aliphatic heterocycles. The Morgan fingerprint density at radius 2 is 2.04 bits per heavy atom. The van der Waals surface area contributed by atoms with Crippen molar-refractivity contribution in [1.29, 1.82) is 0 Å². The van der Waals surface area contributed by atoms with E-state index in [0.29, 0.717) is 23.9 Å². The van der Waals surface area contributed by atoms with Gasteiger partial charge in [0.2, 0.25) is 0 Å². The van der Waals surface area contributed by atoms with Crippen molar-refractivity contribution in [3.8, 4) is 11.5 Å². The monoisotopic (exact) mass is 375 g/mol. The second-order valence-electron chi connectivity index (χ2n) is 7.31. The highest BCUT2D eigenvalue weighted by molar-refractivity contribution is 5.95.